The van der Waals surface area contributed by atoms with Gasteiger partial charge in [-0.25, -0.2) is 0 Å². The fourth-order valence-electron chi connectivity index (χ4n) is 6.70. The molecule has 3 saturated carbocycles. The van der Waals surface area contributed by atoms with Crippen LogP contribution in [0.5, 0.6) is 5.75 Å². The zero-order valence-corrected chi connectivity index (χ0v) is 21.4. The van der Waals surface area contributed by atoms with Crippen LogP contribution in [0.3, 0.4) is 0 Å². The van der Waals surface area contributed by atoms with Gasteiger partial charge in [-0.05, 0) is 62.9 Å². The van der Waals surface area contributed by atoms with Crippen molar-refractivity contribution in [3.8, 4) is 5.75 Å². The van der Waals surface area contributed by atoms with E-state index >= 15 is 0 Å². The van der Waals surface area contributed by atoms with Gasteiger partial charge >= 0.3 is 0 Å². The van der Waals surface area contributed by atoms with Crippen molar-refractivity contribution in [1.82, 2.24) is 10.2 Å². The van der Waals surface area contributed by atoms with Crippen molar-refractivity contribution in [3.05, 3.63) is 27.8 Å². The number of benzene rings is 1. The van der Waals surface area contributed by atoms with Crippen molar-refractivity contribution in [2.45, 2.75) is 56.3 Å². The van der Waals surface area contributed by atoms with Gasteiger partial charge in [-0.15, -0.1) is 0 Å². The standard InChI is InChI=1S/C26H30ClN3O7/c1-30(2)20-14-7-10-6-13-17(15(31)8-11(19(13)27)9-29-12-4-3-5-12)21(32)16(10)23(34)26(14,37)24(35)18(22(20)33)25(28)36/h8,10,12,14,16,18,20,29,31,37H,3-7,9H2,1-2H3,(H2,28,36)/t10-,14-,16?,18?,20-,26-/m0/s1. The number of nitrogens with zero attached hydrogens (tertiary/aromatic N) is 1. The number of nitrogens with one attached hydrogen (secondary N) is 1. The van der Waals surface area contributed by atoms with Gasteiger partial charge in [0.2, 0.25) is 5.91 Å². The van der Waals surface area contributed by atoms with Crippen LogP contribution in [0.15, 0.2) is 6.07 Å². The van der Waals surface area contributed by atoms with Gasteiger partial charge in [-0.1, -0.05) is 18.0 Å². The maximum Gasteiger partial charge on any atom is 0.235 e. The zero-order valence-electron chi connectivity index (χ0n) is 20.6. The summed E-state index contributed by atoms with van der Waals surface area (Å²) >= 11 is 6.71. The summed E-state index contributed by atoms with van der Waals surface area (Å²) in [7, 11) is 3.09. The molecule has 1 aromatic carbocycles. The Morgan fingerprint density at radius 1 is 1.22 bits per heavy atom. The molecule has 4 aliphatic carbocycles. The number of rotatable bonds is 5. The number of nitrogens with two attached hydrogens (primary N) is 1. The second-order valence-electron chi connectivity index (χ2n) is 11.0. The van der Waals surface area contributed by atoms with Gasteiger partial charge in [0.1, 0.15) is 5.75 Å². The Labute approximate surface area is 218 Å². The van der Waals surface area contributed by atoms with Crippen LogP contribution in [0.1, 0.15) is 47.2 Å². The predicted octanol–water partition coefficient (Wildman–Crippen LogP) is 0.163. The first-order valence-electron chi connectivity index (χ1n) is 12.5. The van der Waals surface area contributed by atoms with Gasteiger partial charge in [-0.3, -0.25) is 28.9 Å². The molecule has 0 bridgehead atoms. The van der Waals surface area contributed by atoms with Crippen LogP contribution in [-0.2, 0) is 32.1 Å². The number of halogens is 1. The molecule has 2 unspecified atom stereocenters. The highest BCUT2D eigenvalue weighted by atomic mass is 35.5. The maximum atomic E-state index is 13.8. The SMILES string of the molecule is CN(C)[C@@H]1C(=O)C(C(N)=O)C(=O)[C@@]2(O)C(=O)C3C(=O)c4c(O)cc(CNC5CCC5)c(Cl)c4C[C@H]3C[C@@H]12. The monoisotopic (exact) mass is 531 g/mol. The summed E-state index contributed by atoms with van der Waals surface area (Å²) in [6.07, 6.45) is 3.41. The molecule has 3 fully saturated rings. The Balaban J connectivity index is 1.56. The molecule has 10 nitrogen and oxygen atoms in total. The van der Waals surface area contributed by atoms with Crippen molar-refractivity contribution >= 4 is 40.6 Å². The molecule has 0 radical (unpaired) electrons. The topological polar surface area (TPSA) is 167 Å². The molecule has 0 spiro atoms. The Bertz CT molecular complexity index is 1240. The van der Waals surface area contributed by atoms with E-state index in [-0.39, 0.29) is 24.2 Å². The van der Waals surface area contributed by atoms with Crippen molar-refractivity contribution in [1.29, 1.82) is 0 Å². The van der Waals surface area contributed by atoms with E-state index in [1.807, 2.05) is 0 Å². The zero-order chi connectivity index (χ0) is 27.0. The Morgan fingerprint density at radius 2 is 1.89 bits per heavy atom. The van der Waals surface area contributed by atoms with Crippen molar-refractivity contribution in [2.75, 3.05) is 14.1 Å². The quantitative estimate of drug-likeness (QED) is 0.387. The van der Waals surface area contributed by atoms with E-state index < -0.39 is 64.4 Å². The summed E-state index contributed by atoms with van der Waals surface area (Å²) in [5.41, 5.74) is 3.55. The second kappa shape index (κ2) is 8.97. The molecule has 4 aliphatic rings. The van der Waals surface area contributed by atoms with E-state index in [0.29, 0.717) is 28.7 Å². The fourth-order valence-corrected chi connectivity index (χ4v) is 7.00. The molecule has 37 heavy (non-hydrogen) atoms. The summed E-state index contributed by atoms with van der Waals surface area (Å²) in [5.74, 6) is -10.7. The highest BCUT2D eigenvalue weighted by Gasteiger charge is 2.69. The fraction of sp³-hybridized carbons (Fsp3) is 0.577. The molecule has 1 amide bonds. The van der Waals surface area contributed by atoms with Gasteiger partial charge in [0.25, 0.3) is 0 Å². The molecule has 11 heteroatoms. The molecule has 0 aromatic heterocycles. The summed E-state index contributed by atoms with van der Waals surface area (Å²) in [5, 5.41) is 26.1. The molecule has 5 N–H and O–H groups in total. The van der Waals surface area contributed by atoms with Gasteiger partial charge in [0.15, 0.2) is 34.7 Å². The third kappa shape index (κ3) is 3.68. The van der Waals surface area contributed by atoms with Gasteiger partial charge < -0.3 is 21.3 Å². The predicted molar refractivity (Wildman–Crippen MR) is 131 cm³/mol. The van der Waals surface area contributed by atoms with E-state index in [1.54, 1.807) is 14.1 Å². The number of primary amides is 1. The van der Waals surface area contributed by atoms with Crippen LogP contribution in [0, 0.1) is 23.7 Å². The third-order valence-electron chi connectivity index (χ3n) is 8.76. The number of likely N-dealkylation sites (N-methyl/N-ethyl adjacent to an activating group) is 1. The number of hydrogen-bond donors (Lipinski definition) is 4. The van der Waals surface area contributed by atoms with Crippen LogP contribution < -0.4 is 11.1 Å². The number of hydrogen-bond acceptors (Lipinski definition) is 9. The van der Waals surface area contributed by atoms with Crippen molar-refractivity contribution < 1.29 is 34.2 Å². The van der Waals surface area contributed by atoms with E-state index in [4.69, 9.17) is 17.3 Å². The van der Waals surface area contributed by atoms with Gasteiger partial charge in [-0.2, -0.15) is 0 Å². The average Bonchev–Trinajstić information content (AvgIpc) is 2.77. The van der Waals surface area contributed by atoms with E-state index in [0.717, 1.165) is 19.3 Å². The van der Waals surface area contributed by atoms with Gasteiger partial charge in [0.05, 0.1) is 17.5 Å². The number of Topliss-reactive ketones (excluding diaryl/α,β-unsaturated/α-hetero) is 4. The minimum absolute atomic E-state index is 0.00840. The normalized spacial score (nSPS) is 33.6. The number of aliphatic hydroxyl groups is 1. The van der Waals surface area contributed by atoms with E-state index in [1.165, 1.54) is 11.0 Å². The molecule has 6 atom stereocenters. The average molecular weight is 532 g/mol. The molecule has 0 aliphatic heterocycles. The summed E-state index contributed by atoms with van der Waals surface area (Å²) in [6.45, 7) is 0.411. The minimum atomic E-state index is -2.73. The lowest BCUT2D eigenvalue weighted by molar-refractivity contribution is -0.181. The van der Waals surface area contributed by atoms with Crippen LogP contribution in [-0.4, -0.2) is 75.9 Å². The number of ketones is 4. The van der Waals surface area contributed by atoms with Gasteiger partial charge in [0, 0.05) is 23.5 Å². The van der Waals surface area contributed by atoms with Crippen molar-refractivity contribution in [2.24, 2.45) is 29.4 Å². The summed E-state index contributed by atoms with van der Waals surface area (Å²) in [6, 6.07) is 0.650. The Kier molecular flexibility index (Phi) is 6.30. The number of phenols is 1. The largest absolute Gasteiger partial charge is 0.507 e. The Hall–Kier alpha value is -2.66. The number of fused-ring (bicyclic) bond motifs is 3. The number of amides is 1. The third-order valence-corrected chi connectivity index (χ3v) is 9.23. The van der Waals surface area contributed by atoms with Crippen LogP contribution in [0.2, 0.25) is 5.02 Å². The summed E-state index contributed by atoms with van der Waals surface area (Å²) in [4.78, 5) is 67.3. The highest BCUT2D eigenvalue weighted by Crippen LogP contribution is 2.51. The van der Waals surface area contributed by atoms with Crippen LogP contribution in [0.25, 0.3) is 0 Å². The number of carbonyl (C=O) groups excluding carboxylic acids is 5. The van der Waals surface area contributed by atoms with Crippen LogP contribution in [0.4, 0.5) is 0 Å². The van der Waals surface area contributed by atoms with E-state index in [9.17, 15) is 34.2 Å². The second-order valence-corrected chi connectivity index (χ2v) is 11.4. The number of carbonyl (C=O) groups is 5. The van der Waals surface area contributed by atoms with Crippen molar-refractivity contribution in [3.63, 3.8) is 0 Å². The number of phenolic OH excluding ortho intramolecular Hbond substituents is 1. The molecular formula is C26H30ClN3O7. The lowest BCUT2D eigenvalue weighted by Gasteiger charge is -2.52. The van der Waals surface area contributed by atoms with E-state index in [2.05, 4.69) is 5.32 Å². The molecular weight excluding hydrogens is 502 g/mol. The first-order chi connectivity index (χ1) is 17.4. The summed E-state index contributed by atoms with van der Waals surface area (Å²) < 4.78 is 0. The molecule has 198 valence electrons. The lowest BCUT2D eigenvalue weighted by Crippen LogP contribution is -2.74. The first kappa shape index (κ1) is 26.0. The minimum Gasteiger partial charge on any atom is -0.507 e. The molecule has 1 aromatic rings. The van der Waals surface area contributed by atoms with Crippen LogP contribution >= 0.6 is 11.6 Å². The molecule has 5 rings (SSSR count). The number of aromatic hydroxyl groups is 1. The molecule has 0 saturated heterocycles. The smallest absolute Gasteiger partial charge is 0.235 e. The maximum absolute atomic E-state index is 13.8. The Morgan fingerprint density at radius 3 is 2.46 bits per heavy atom. The lowest BCUT2D eigenvalue weighted by atomic mass is 9.52. The molecule has 0 heterocycles. The first-order valence-corrected chi connectivity index (χ1v) is 12.9. The highest BCUT2D eigenvalue weighted by molar-refractivity contribution is 6.34.